The molecule has 1 atom stereocenters. The Morgan fingerprint density at radius 3 is 2.56 bits per heavy atom. The van der Waals surface area contributed by atoms with Crippen molar-refractivity contribution in [1.82, 2.24) is 5.16 Å². The first-order valence-corrected chi connectivity index (χ1v) is 10.1. The topological polar surface area (TPSA) is 95.0 Å². The highest BCUT2D eigenvalue weighted by molar-refractivity contribution is 6.31. The molecule has 1 aliphatic heterocycles. The highest BCUT2D eigenvalue weighted by Crippen LogP contribution is 2.44. The standard InChI is InChI=1S/C23H17ClN2O6/c1-11-8-18(25-32-11)26-20(14-10-13(29-2)5-7-16(14)30-3)19-21(27)15-9-12(24)4-6-17(15)31-22(19)23(26)28/h4-10,20H,1-3H3. The smallest absolute Gasteiger partial charge is 0.296 e. The largest absolute Gasteiger partial charge is 0.497 e. The van der Waals surface area contributed by atoms with Gasteiger partial charge in [-0.2, -0.15) is 0 Å². The Labute approximate surface area is 186 Å². The van der Waals surface area contributed by atoms with Crippen LogP contribution in [-0.2, 0) is 0 Å². The quantitative estimate of drug-likeness (QED) is 0.449. The summed E-state index contributed by atoms with van der Waals surface area (Å²) in [6.07, 6.45) is 0. The first-order chi connectivity index (χ1) is 15.4. The van der Waals surface area contributed by atoms with E-state index in [1.54, 1.807) is 43.3 Å². The Morgan fingerprint density at radius 1 is 1.06 bits per heavy atom. The number of methoxy groups -OCH3 is 2. The molecule has 2 aromatic carbocycles. The van der Waals surface area contributed by atoms with E-state index in [-0.39, 0.29) is 33.5 Å². The molecule has 1 amide bonds. The summed E-state index contributed by atoms with van der Waals surface area (Å²) in [7, 11) is 3.04. The summed E-state index contributed by atoms with van der Waals surface area (Å²) >= 11 is 6.12. The number of carbonyl (C=O) groups is 1. The van der Waals surface area contributed by atoms with E-state index in [0.717, 1.165) is 0 Å². The average Bonchev–Trinajstić information content (AvgIpc) is 3.34. The van der Waals surface area contributed by atoms with Crippen molar-refractivity contribution in [2.75, 3.05) is 19.1 Å². The molecule has 0 fully saturated rings. The van der Waals surface area contributed by atoms with E-state index in [4.69, 9.17) is 30.0 Å². The lowest BCUT2D eigenvalue weighted by atomic mass is 9.97. The Hall–Kier alpha value is -3.78. The van der Waals surface area contributed by atoms with Crippen molar-refractivity contribution in [2.45, 2.75) is 13.0 Å². The summed E-state index contributed by atoms with van der Waals surface area (Å²) in [5.74, 6) is 1.17. The number of hydrogen-bond acceptors (Lipinski definition) is 7. The Balaban J connectivity index is 1.86. The van der Waals surface area contributed by atoms with E-state index in [9.17, 15) is 9.59 Å². The Kier molecular flexibility index (Phi) is 4.67. The van der Waals surface area contributed by atoms with Gasteiger partial charge in [0.25, 0.3) is 5.91 Å². The predicted molar refractivity (Wildman–Crippen MR) is 117 cm³/mol. The average molecular weight is 453 g/mol. The fourth-order valence-electron chi connectivity index (χ4n) is 4.00. The molecule has 4 aromatic rings. The molecule has 0 radical (unpaired) electrons. The van der Waals surface area contributed by atoms with Gasteiger partial charge in [0, 0.05) is 16.7 Å². The molecule has 0 saturated carbocycles. The van der Waals surface area contributed by atoms with Crippen LogP contribution in [0.1, 0.15) is 33.5 Å². The number of ether oxygens (including phenoxy) is 2. The zero-order chi connectivity index (χ0) is 22.6. The van der Waals surface area contributed by atoms with E-state index in [2.05, 4.69) is 5.16 Å². The summed E-state index contributed by atoms with van der Waals surface area (Å²) in [5, 5.41) is 4.67. The number of anilines is 1. The van der Waals surface area contributed by atoms with Crippen LogP contribution >= 0.6 is 11.6 Å². The molecule has 0 aliphatic carbocycles. The van der Waals surface area contributed by atoms with Crippen LogP contribution in [0.4, 0.5) is 5.82 Å². The maximum Gasteiger partial charge on any atom is 0.296 e. The number of rotatable bonds is 4. The number of aromatic nitrogens is 1. The van der Waals surface area contributed by atoms with Gasteiger partial charge < -0.3 is 18.4 Å². The zero-order valence-electron chi connectivity index (χ0n) is 17.3. The molecule has 3 heterocycles. The van der Waals surface area contributed by atoms with Crippen molar-refractivity contribution in [3.05, 3.63) is 80.4 Å². The number of amides is 1. The second-order valence-electron chi connectivity index (χ2n) is 7.30. The minimum absolute atomic E-state index is 0.0691. The van der Waals surface area contributed by atoms with Crippen LogP contribution in [0, 0.1) is 6.92 Å². The van der Waals surface area contributed by atoms with Crippen molar-refractivity contribution in [1.29, 1.82) is 0 Å². The number of nitrogens with zero attached hydrogens (tertiary/aromatic N) is 2. The molecule has 2 aromatic heterocycles. The van der Waals surface area contributed by atoms with Crippen LogP contribution in [0.3, 0.4) is 0 Å². The van der Waals surface area contributed by atoms with Crippen LogP contribution in [-0.4, -0.2) is 25.3 Å². The maximum absolute atomic E-state index is 13.6. The number of carbonyl (C=O) groups excluding carboxylic acids is 1. The molecule has 162 valence electrons. The van der Waals surface area contributed by atoms with E-state index in [0.29, 0.717) is 27.8 Å². The minimum Gasteiger partial charge on any atom is -0.497 e. The summed E-state index contributed by atoms with van der Waals surface area (Å²) < 4.78 is 22.0. The lowest BCUT2D eigenvalue weighted by Gasteiger charge is -2.24. The highest BCUT2D eigenvalue weighted by Gasteiger charge is 2.46. The molecule has 9 heteroatoms. The molecule has 1 unspecified atom stereocenters. The van der Waals surface area contributed by atoms with Gasteiger partial charge >= 0.3 is 0 Å². The lowest BCUT2D eigenvalue weighted by Crippen LogP contribution is -2.30. The van der Waals surface area contributed by atoms with Gasteiger partial charge in [-0.15, -0.1) is 0 Å². The molecule has 0 spiro atoms. The van der Waals surface area contributed by atoms with Gasteiger partial charge in [0.15, 0.2) is 11.2 Å². The number of fused-ring (bicyclic) bond motifs is 2. The molecular weight excluding hydrogens is 436 g/mol. The van der Waals surface area contributed by atoms with Crippen LogP contribution in [0.2, 0.25) is 5.02 Å². The van der Waals surface area contributed by atoms with E-state index >= 15 is 0 Å². The highest BCUT2D eigenvalue weighted by atomic mass is 35.5. The number of hydrogen-bond donors (Lipinski definition) is 0. The summed E-state index contributed by atoms with van der Waals surface area (Å²) in [5.41, 5.74) is 0.598. The van der Waals surface area contributed by atoms with Crippen LogP contribution in [0.25, 0.3) is 11.0 Å². The van der Waals surface area contributed by atoms with Gasteiger partial charge in [-0.25, -0.2) is 0 Å². The third kappa shape index (κ3) is 2.95. The third-order valence-electron chi connectivity index (χ3n) is 5.43. The van der Waals surface area contributed by atoms with Gasteiger partial charge in [0.1, 0.15) is 28.9 Å². The molecule has 8 nitrogen and oxygen atoms in total. The van der Waals surface area contributed by atoms with Crippen molar-refractivity contribution in [2.24, 2.45) is 0 Å². The molecular formula is C23H17ClN2O6. The lowest BCUT2D eigenvalue weighted by molar-refractivity contribution is 0.0969. The first-order valence-electron chi connectivity index (χ1n) is 9.68. The summed E-state index contributed by atoms with van der Waals surface area (Å²) in [6.45, 7) is 1.71. The molecule has 5 rings (SSSR count). The molecule has 32 heavy (non-hydrogen) atoms. The number of halogens is 1. The minimum atomic E-state index is -0.883. The maximum atomic E-state index is 13.6. The molecule has 1 aliphatic rings. The summed E-state index contributed by atoms with van der Waals surface area (Å²) in [4.78, 5) is 28.5. The Bertz CT molecular complexity index is 1440. The normalized spacial score (nSPS) is 15.3. The first kappa shape index (κ1) is 20.1. The predicted octanol–water partition coefficient (Wildman–Crippen LogP) is 4.51. The second kappa shape index (κ2) is 7.42. The number of aryl methyl sites for hydroxylation is 1. The van der Waals surface area contributed by atoms with Gasteiger partial charge in [-0.3, -0.25) is 14.5 Å². The van der Waals surface area contributed by atoms with Crippen LogP contribution in [0.15, 0.2) is 56.2 Å². The van der Waals surface area contributed by atoms with Crippen molar-refractivity contribution < 1.29 is 23.2 Å². The third-order valence-corrected chi connectivity index (χ3v) is 5.66. The van der Waals surface area contributed by atoms with Crippen LogP contribution < -0.4 is 19.8 Å². The monoisotopic (exact) mass is 452 g/mol. The van der Waals surface area contributed by atoms with Gasteiger partial charge in [0.2, 0.25) is 5.76 Å². The van der Waals surface area contributed by atoms with Crippen LogP contribution in [0.5, 0.6) is 11.5 Å². The van der Waals surface area contributed by atoms with Gasteiger partial charge in [-0.05, 0) is 43.3 Å². The van der Waals surface area contributed by atoms with Crippen molar-refractivity contribution in [3.63, 3.8) is 0 Å². The summed E-state index contributed by atoms with van der Waals surface area (Å²) in [6, 6.07) is 10.6. The van der Waals surface area contributed by atoms with E-state index < -0.39 is 11.9 Å². The number of benzene rings is 2. The second-order valence-corrected chi connectivity index (χ2v) is 7.73. The Morgan fingerprint density at radius 2 is 1.88 bits per heavy atom. The van der Waals surface area contributed by atoms with Crippen molar-refractivity contribution in [3.8, 4) is 11.5 Å². The van der Waals surface area contributed by atoms with Gasteiger partial charge in [0.05, 0.1) is 25.2 Å². The fraction of sp³-hybridized carbons (Fsp3) is 0.174. The zero-order valence-corrected chi connectivity index (χ0v) is 18.1. The molecule has 0 bridgehead atoms. The molecule has 0 N–H and O–H groups in total. The molecule has 0 saturated heterocycles. The fourth-order valence-corrected chi connectivity index (χ4v) is 4.17. The van der Waals surface area contributed by atoms with Crippen molar-refractivity contribution >= 4 is 34.3 Å². The van der Waals surface area contributed by atoms with Gasteiger partial charge in [-0.1, -0.05) is 16.8 Å². The van der Waals surface area contributed by atoms with E-state index in [1.165, 1.54) is 25.2 Å². The van der Waals surface area contributed by atoms with E-state index in [1.807, 2.05) is 0 Å². The SMILES string of the molecule is COc1ccc(OC)c(C2c3c(oc4ccc(Cl)cc4c3=O)C(=O)N2c2cc(C)on2)c1.